The van der Waals surface area contributed by atoms with Crippen molar-refractivity contribution in [2.24, 2.45) is 0 Å². The Labute approximate surface area is 218 Å². The molecule has 1 aromatic carbocycles. The number of hydrogen-bond acceptors (Lipinski definition) is 9. The topological polar surface area (TPSA) is 95.7 Å². The number of aromatic nitrogens is 2. The van der Waals surface area contributed by atoms with Gasteiger partial charge in [-0.05, 0) is 12.1 Å². The van der Waals surface area contributed by atoms with Gasteiger partial charge in [0, 0.05) is 61.6 Å². The number of halogens is 1. The van der Waals surface area contributed by atoms with Gasteiger partial charge in [-0.1, -0.05) is 35.5 Å². The number of anilines is 2. The van der Waals surface area contributed by atoms with Crippen molar-refractivity contribution in [1.29, 1.82) is 5.26 Å². The van der Waals surface area contributed by atoms with Crippen LogP contribution in [-0.4, -0.2) is 61.3 Å². The first-order chi connectivity index (χ1) is 17.0. The Hall–Kier alpha value is -2.86. The van der Waals surface area contributed by atoms with Gasteiger partial charge in [-0.25, -0.2) is 14.8 Å². The maximum atomic E-state index is 10.1. The third-order valence-electron chi connectivity index (χ3n) is 5.66. The van der Waals surface area contributed by atoms with Gasteiger partial charge in [0.2, 0.25) is 0 Å². The summed E-state index contributed by atoms with van der Waals surface area (Å²) in [6.45, 7) is 12.2. The molecule has 0 atom stereocenters. The summed E-state index contributed by atoms with van der Waals surface area (Å²) in [5, 5.41) is 14.2. The summed E-state index contributed by atoms with van der Waals surface area (Å²) >= 11 is 8.95. The van der Waals surface area contributed by atoms with Crippen LogP contribution in [0.1, 0.15) is 11.3 Å². The van der Waals surface area contributed by atoms with Gasteiger partial charge in [0.1, 0.15) is 21.9 Å². The van der Waals surface area contributed by atoms with Crippen LogP contribution < -0.4 is 10.6 Å². The molecule has 0 spiro atoms. The summed E-state index contributed by atoms with van der Waals surface area (Å²) in [5.74, 6) is 0.686. The lowest BCUT2D eigenvalue weighted by atomic mass is 10.1. The quantitative estimate of drug-likeness (QED) is 0.327. The molecule has 11 heteroatoms. The van der Waals surface area contributed by atoms with Gasteiger partial charge in [-0.3, -0.25) is 4.90 Å². The van der Waals surface area contributed by atoms with E-state index in [1.54, 1.807) is 18.4 Å². The van der Waals surface area contributed by atoms with E-state index in [0.29, 0.717) is 46.7 Å². The Balaban J connectivity index is 1.54. The third-order valence-corrected chi connectivity index (χ3v) is 7.86. The number of nitrogens with zero attached hydrogens (tertiary/aromatic N) is 6. The van der Waals surface area contributed by atoms with E-state index in [9.17, 15) is 5.26 Å². The molecule has 35 heavy (non-hydrogen) atoms. The van der Waals surface area contributed by atoms with Crippen LogP contribution in [0.25, 0.3) is 15.4 Å². The zero-order valence-corrected chi connectivity index (χ0v) is 21.6. The van der Waals surface area contributed by atoms with Gasteiger partial charge < -0.3 is 15.4 Å². The van der Waals surface area contributed by atoms with Crippen molar-refractivity contribution in [3.8, 4) is 16.6 Å². The minimum absolute atomic E-state index is 0.151. The van der Waals surface area contributed by atoms with E-state index in [-0.39, 0.29) is 11.5 Å². The number of thiazole rings is 1. The van der Waals surface area contributed by atoms with Crippen LogP contribution in [-0.2, 0) is 10.5 Å². The molecule has 0 radical (unpaired) electrons. The van der Waals surface area contributed by atoms with Crippen LogP contribution >= 0.6 is 34.7 Å². The lowest BCUT2D eigenvalue weighted by Crippen LogP contribution is -2.47. The Bertz CT molecular complexity index is 1260. The lowest BCUT2D eigenvalue weighted by molar-refractivity contribution is 0.144. The van der Waals surface area contributed by atoms with Crippen molar-refractivity contribution in [2.75, 3.05) is 57.1 Å². The standard InChI is InChI=1S/C24H24ClN7OS2/c1-28-20-21(32-9-7-31(8-10-32)11-12-33-2)19(13-26)24(30-22(20)27)35-15-18-14-34-23(29-18)16-3-5-17(25)6-4-16/h3-6,14H,7-12,15H2,2H3,(H2,27,30). The molecule has 1 saturated heterocycles. The summed E-state index contributed by atoms with van der Waals surface area (Å²) in [7, 11) is 1.69. The third kappa shape index (κ3) is 5.87. The van der Waals surface area contributed by atoms with E-state index >= 15 is 0 Å². The van der Waals surface area contributed by atoms with Crippen molar-refractivity contribution in [3.05, 3.63) is 57.3 Å². The number of hydrogen-bond donors (Lipinski definition) is 1. The Morgan fingerprint density at radius 2 is 2.00 bits per heavy atom. The maximum Gasteiger partial charge on any atom is 0.251 e. The first kappa shape index (κ1) is 25.2. The minimum atomic E-state index is 0.151. The van der Waals surface area contributed by atoms with Gasteiger partial charge >= 0.3 is 0 Å². The average Bonchev–Trinajstić information content (AvgIpc) is 3.35. The number of pyridine rings is 1. The minimum Gasteiger partial charge on any atom is -0.392 e. The fraction of sp³-hybridized carbons (Fsp3) is 0.333. The summed E-state index contributed by atoms with van der Waals surface area (Å²) in [4.78, 5) is 17.2. The molecule has 3 heterocycles. The lowest BCUT2D eigenvalue weighted by Gasteiger charge is -2.37. The largest absolute Gasteiger partial charge is 0.392 e. The predicted octanol–water partition coefficient (Wildman–Crippen LogP) is 4.92. The van der Waals surface area contributed by atoms with Crippen molar-refractivity contribution in [3.63, 3.8) is 0 Å². The SMILES string of the molecule is [C-]#[N+]c1c(N)nc(SCc2csc(-c3ccc(Cl)cc3)n2)c(C#N)c1N1CCN(CCOC)CC1. The van der Waals surface area contributed by atoms with Crippen molar-refractivity contribution in [1.82, 2.24) is 14.9 Å². The Kier molecular flexibility index (Phi) is 8.45. The number of thioether (sulfide) groups is 1. The van der Waals surface area contributed by atoms with Gasteiger partial charge in [0.25, 0.3) is 5.69 Å². The van der Waals surface area contributed by atoms with Gasteiger partial charge in [0.05, 0.1) is 30.1 Å². The molecule has 0 unspecified atom stereocenters. The summed E-state index contributed by atoms with van der Waals surface area (Å²) in [5.41, 5.74) is 9.31. The zero-order chi connectivity index (χ0) is 24.8. The molecule has 2 aromatic heterocycles. The molecule has 180 valence electrons. The number of benzene rings is 1. The normalized spacial score (nSPS) is 14.0. The monoisotopic (exact) mass is 525 g/mol. The van der Waals surface area contributed by atoms with E-state index in [0.717, 1.165) is 35.9 Å². The predicted molar refractivity (Wildman–Crippen MR) is 142 cm³/mol. The van der Waals surface area contributed by atoms with Crippen LogP contribution in [0.4, 0.5) is 17.2 Å². The van der Waals surface area contributed by atoms with Crippen LogP contribution in [0, 0.1) is 17.9 Å². The second-order valence-corrected chi connectivity index (χ2v) is 10.1. The maximum absolute atomic E-state index is 10.1. The Morgan fingerprint density at radius 1 is 1.26 bits per heavy atom. The van der Waals surface area contributed by atoms with E-state index < -0.39 is 0 Å². The molecule has 3 aromatic rings. The Morgan fingerprint density at radius 3 is 2.66 bits per heavy atom. The molecular weight excluding hydrogens is 502 g/mol. The summed E-state index contributed by atoms with van der Waals surface area (Å²) < 4.78 is 5.18. The molecule has 8 nitrogen and oxygen atoms in total. The second kappa shape index (κ2) is 11.7. The van der Waals surface area contributed by atoms with Crippen molar-refractivity contribution >= 4 is 51.9 Å². The number of nitriles is 1. The molecule has 1 aliphatic heterocycles. The van der Waals surface area contributed by atoms with E-state index in [1.165, 1.54) is 11.8 Å². The van der Waals surface area contributed by atoms with Gasteiger partial charge in [0.15, 0.2) is 0 Å². The van der Waals surface area contributed by atoms with Crippen molar-refractivity contribution < 1.29 is 4.74 Å². The molecule has 0 bridgehead atoms. The molecule has 0 saturated carbocycles. The van der Waals surface area contributed by atoms with Crippen LogP contribution in [0.5, 0.6) is 0 Å². The number of rotatable bonds is 8. The highest BCUT2D eigenvalue weighted by atomic mass is 35.5. The highest BCUT2D eigenvalue weighted by Gasteiger charge is 2.26. The molecule has 2 N–H and O–H groups in total. The number of nitrogen functional groups attached to an aromatic ring is 1. The van der Waals surface area contributed by atoms with E-state index in [1.807, 2.05) is 29.6 Å². The second-order valence-electron chi connectivity index (χ2n) is 7.86. The smallest absolute Gasteiger partial charge is 0.251 e. The van der Waals surface area contributed by atoms with Crippen LogP contribution in [0.15, 0.2) is 34.7 Å². The average molecular weight is 526 g/mol. The first-order valence-electron chi connectivity index (χ1n) is 10.9. The molecule has 1 aliphatic rings. The van der Waals surface area contributed by atoms with Crippen LogP contribution in [0.3, 0.4) is 0 Å². The van der Waals surface area contributed by atoms with Gasteiger partial charge in [-0.15, -0.1) is 11.3 Å². The van der Waals surface area contributed by atoms with Crippen LogP contribution in [0.2, 0.25) is 5.02 Å². The number of nitrogens with two attached hydrogens (primary N) is 1. The molecule has 0 amide bonds. The van der Waals surface area contributed by atoms with E-state index in [4.69, 9.17) is 33.6 Å². The molecule has 4 rings (SSSR count). The molecular formula is C24H24ClN7OS2. The number of ether oxygens (including phenoxy) is 1. The number of piperazine rings is 1. The van der Waals surface area contributed by atoms with E-state index in [2.05, 4.69) is 25.7 Å². The van der Waals surface area contributed by atoms with Gasteiger partial charge in [-0.2, -0.15) is 5.26 Å². The fourth-order valence-corrected chi connectivity index (χ4v) is 5.78. The number of methoxy groups -OCH3 is 1. The highest BCUT2D eigenvalue weighted by Crippen LogP contribution is 2.42. The van der Waals surface area contributed by atoms with Crippen molar-refractivity contribution in [2.45, 2.75) is 10.8 Å². The zero-order valence-electron chi connectivity index (χ0n) is 19.2. The molecule has 1 fully saturated rings. The fourth-order valence-electron chi connectivity index (χ4n) is 3.84. The highest BCUT2D eigenvalue weighted by molar-refractivity contribution is 7.98. The molecule has 0 aliphatic carbocycles. The summed E-state index contributed by atoms with van der Waals surface area (Å²) in [6.07, 6.45) is 0. The summed E-state index contributed by atoms with van der Waals surface area (Å²) in [6, 6.07) is 9.87. The first-order valence-corrected chi connectivity index (χ1v) is 13.2.